The number of piperidine rings is 1. The van der Waals surface area contributed by atoms with Gasteiger partial charge in [0.25, 0.3) is 5.91 Å². The predicted octanol–water partition coefficient (Wildman–Crippen LogP) is 4.33. The van der Waals surface area contributed by atoms with Crippen LogP contribution in [0.2, 0.25) is 0 Å². The molecule has 4 rings (SSSR count). The van der Waals surface area contributed by atoms with Crippen LogP contribution < -0.4 is 5.32 Å². The summed E-state index contributed by atoms with van der Waals surface area (Å²) in [7, 11) is 0. The standard InChI is InChI=1S/C22H23FN2O2/c1-14(26)24-21-5-3-2-4-20(21)22(27)25-18-10-11-19(25)13-16(12-18)15-6-8-17(23)9-7-15/h2-9,16,18-19H,10-13H2,1H3,(H,24,26). The van der Waals surface area contributed by atoms with Crippen LogP contribution in [0.4, 0.5) is 10.1 Å². The smallest absolute Gasteiger partial charge is 0.256 e. The van der Waals surface area contributed by atoms with E-state index in [2.05, 4.69) is 5.32 Å². The molecule has 5 heteroatoms. The Hall–Kier alpha value is -2.69. The molecule has 2 aliphatic heterocycles. The van der Waals surface area contributed by atoms with Gasteiger partial charge >= 0.3 is 0 Å². The first-order chi connectivity index (χ1) is 13.0. The molecule has 0 spiro atoms. The first-order valence-corrected chi connectivity index (χ1v) is 9.47. The summed E-state index contributed by atoms with van der Waals surface area (Å²) in [5, 5.41) is 2.76. The molecule has 0 aliphatic carbocycles. The maximum absolute atomic E-state index is 13.3. The van der Waals surface area contributed by atoms with Crippen molar-refractivity contribution in [3.8, 4) is 0 Å². The third kappa shape index (κ3) is 3.46. The van der Waals surface area contributed by atoms with Gasteiger partial charge in [-0.25, -0.2) is 4.39 Å². The number of halogens is 1. The highest BCUT2D eigenvalue weighted by molar-refractivity contribution is 6.03. The van der Waals surface area contributed by atoms with Gasteiger partial charge in [0.05, 0.1) is 11.3 Å². The van der Waals surface area contributed by atoms with Crippen molar-refractivity contribution in [1.82, 2.24) is 4.90 Å². The van der Waals surface area contributed by atoms with Crippen molar-refractivity contribution in [2.24, 2.45) is 0 Å². The zero-order chi connectivity index (χ0) is 19.0. The summed E-state index contributed by atoms with van der Waals surface area (Å²) >= 11 is 0. The number of hydrogen-bond acceptors (Lipinski definition) is 2. The Balaban J connectivity index is 1.56. The highest BCUT2D eigenvalue weighted by atomic mass is 19.1. The van der Waals surface area contributed by atoms with Crippen LogP contribution in [0, 0.1) is 5.82 Å². The summed E-state index contributed by atoms with van der Waals surface area (Å²) in [6.07, 6.45) is 3.79. The van der Waals surface area contributed by atoms with Crippen molar-refractivity contribution in [1.29, 1.82) is 0 Å². The number of carbonyl (C=O) groups is 2. The molecule has 2 unspecified atom stereocenters. The largest absolute Gasteiger partial charge is 0.333 e. The normalized spacial score (nSPS) is 23.9. The maximum Gasteiger partial charge on any atom is 0.256 e. The molecule has 140 valence electrons. The van der Waals surface area contributed by atoms with Gasteiger partial charge in [-0.1, -0.05) is 24.3 Å². The topological polar surface area (TPSA) is 49.4 Å². The molecule has 2 bridgehead atoms. The first kappa shape index (κ1) is 17.7. The van der Waals surface area contributed by atoms with E-state index < -0.39 is 0 Å². The minimum Gasteiger partial charge on any atom is -0.333 e. The van der Waals surface area contributed by atoms with Crippen LogP contribution in [-0.2, 0) is 4.79 Å². The van der Waals surface area contributed by atoms with Gasteiger partial charge in [-0.3, -0.25) is 9.59 Å². The molecule has 4 nitrogen and oxygen atoms in total. The first-order valence-electron chi connectivity index (χ1n) is 9.47. The predicted molar refractivity (Wildman–Crippen MR) is 102 cm³/mol. The lowest BCUT2D eigenvalue weighted by Gasteiger charge is -2.39. The number of rotatable bonds is 3. The minimum absolute atomic E-state index is 0.00981. The van der Waals surface area contributed by atoms with Crippen LogP contribution in [-0.4, -0.2) is 28.8 Å². The molecule has 2 saturated heterocycles. The number of fused-ring (bicyclic) bond motifs is 2. The molecule has 2 fully saturated rings. The zero-order valence-electron chi connectivity index (χ0n) is 15.3. The van der Waals surface area contributed by atoms with Crippen molar-refractivity contribution in [2.45, 2.75) is 50.6 Å². The fraction of sp³-hybridized carbons (Fsp3) is 0.364. The zero-order valence-corrected chi connectivity index (χ0v) is 15.3. The molecule has 27 heavy (non-hydrogen) atoms. The van der Waals surface area contributed by atoms with Gasteiger partial charge in [-0.05, 0) is 61.4 Å². The van der Waals surface area contributed by atoms with E-state index in [0.717, 1.165) is 31.2 Å². The highest BCUT2D eigenvalue weighted by Crippen LogP contribution is 2.44. The Morgan fingerprint density at radius 2 is 1.63 bits per heavy atom. The van der Waals surface area contributed by atoms with Crippen LogP contribution in [0.15, 0.2) is 48.5 Å². The van der Waals surface area contributed by atoms with E-state index in [0.29, 0.717) is 17.2 Å². The van der Waals surface area contributed by atoms with Gasteiger partial charge in [0.2, 0.25) is 5.91 Å². The second-order valence-corrected chi connectivity index (χ2v) is 7.54. The Morgan fingerprint density at radius 3 is 2.26 bits per heavy atom. The number of anilines is 1. The monoisotopic (exact) mass is 366 g/mol. The maximum atomic E-state index is 13.3. The number of benzene rings is 2. The van der Waals surface area contributed by atoms with Crippen LogP contribution in [0.25, 0.3) is 0 Å². The van der Waals surface area contributed by atoms with E-state index in [1.165, 1.54) is 19.1 Å². The quantitative estimate of drug-likeness (QED) is 0.879. The number of amides is 2. The third-order valence-corrected chi connectivity index (χ3v) is 5.78. The third-order valence-electron chi connectivity index (χ3n) is 5.78. The summed E-state index contributed by atoms with van der Waals surface area (Å²) in [5.41, 5.74) is 2.26. The Kier molecular flexibility index (Phi) is 4.68. The van der Waals surface area contributed by atoms with E-state index >= 15 is 0 Å². The van der Waals surface area contributed by atoms with Crippen LogP contribution in [0.5, 0.6) is 0 Å². The van der Waals surface area contributed by atoms with E-state index in [9.17, 15) is 14.0 Å². The molecule has 0 radical (unpaired) electrons. The summed E-state index contributed by atoms with van der Waals surface area (Å²) < 4.78 is 13.2. The summed E-state index contributed by atoms with van der Waals surface area (Å²) in [4.78, 5) is 26.8. The Bertz CT molecular complexity index is 851. The van der Waals surface area contributed by atoms with Gasteiger partial charge in [-0.15, -0.1) is 0 Å². The molecule has 0 saturated carbocycles. The lowest BCUT2D eigenvalue weighted by molar-refractivity contribution is -0.114. The van der Waals surface area contributed by atoms with Gasteiger partial charge < -0.3 is 10.2 Å². The SMILES string of the molecule is CC(=O)Nc1ccccc1C(=O)N1C2CCC1CC(c1ccc(F)cc1)C2. The molecule has 2 amide bonds. The fourth-order valence-corrected chi connectivity index (χ4v) is 4.62. The molecular weight excluding hydrogens is 343 g/mol. The van der Waals surface area contributed by atoms with Crippen molar-refractivity contribution < 1.29 is 14.0 Å². The highest BCUT2D eigenvalue weighted by Gasteiger charge is 2.44. The van der Waals surface area contributed by atoms with Gasteiger partial charge in [0, 0.05) is 19.0 Å². The average Bonchev–Trinajstić information content (AvgIpc) is 2.91. The van der Waals surface area contributed by atoms with Crippen LogP contribution >= 0.6 is 0 Å². The summed E-state index contributed by atoms with van der Waals surface area (Å²) in [5.74, 6) is -0.0562. The van der Waals surface area contributed by atoms with Gasteiger partial charge in [0.1, 0.15) is 5.82 Å². The number of nitrogens with one attached hydrogen (secondary N) is 1. The van der Waals surface area contributed by atoms with Crippen molar-refractivity contribution >= 4 is 17.5 Å². The molecule has 2 atom stereocenters. The Morgan fingerprint density at radius 1 is 1.00 bits per heavy atom. The van der Waals surface area contributed by atoms with Crippen molar-refractivity contribution in [3.05, 3.63) is 65.5 Å². The van der Waals surface area contributed by atoms with E-state index in [4.69, 9.17) is 0 Å². The van der Waals surface area contributed by atoms with Gasteiger partial charge in [0.15, 0.2) is 0 Å². The minimum atomic E-state index is -0.219. The molecule has 0 aromatic heterocycles. The second-order valence-electron chi connectivity index (χ2n) is 7.54. The van der Waals surface area contributed by atoms with Crippen molar-refractivity contribution in [3.63, 3.8) is 0 Å². The average molecular weight is 366 g/mol. The fourth-order valence-electron chi connectivity index (χ4n) is 4.62. The van der Waals surface area contributed by atoms with Crippen molar-refractivity contribution in [2.75, 3.05) is 5.32 Å². The lowest BCUT2D eigenvalue weighted by Crippen LogP contribution is -2.46. The van der Waals surface area contributed by atoms with Gasteiger partial charge in [-0.2, -0.15) is 0 Å². The lowest BCUT2D eigenvalue weighted by atomic mass is 9.84. The second kappa shape index (κ2) is 7.14. The number of para-hydroxylation sites is 1. The molecule has 2 aromatic carbocycles. The van der Waals surface area contributed by atoms with Crippen LogP contribution in [0.3, 0.4) is 0 Å². The van der Waals surface area contributed by atoms with E-state index in [-0.39, 0.29) is 29.7 Å². The number of hydrogen-bond donors (Lipinski definition) is 1. The van der Waals surface area contributed by atoms with Crippen LogP contribution in [0.1, 0.15) is 54.4 Å². The molecular formula is C22H23FN2O2. The molecule has 1 N–H and O–H groups in total. The van der Waals surface area contributed by atoms with E-state index in [1.54, 1.807) is 12.1 Å². The number of carbonyl (C=O) groups excluding carboxylic acids is 2. The number of nitrogens with zero attached hydrogens (tertiary/aromatic N) is 1. The summed E-state index contributed by atoms with van der Waals surface area (Å²) in [6.45, 7) is 1.44. The summed E-state index contributed by atoms with van der Waals surface area (Å²) in [6, 6.07) is 14.3. The molecule has 2 aromatic rings. The van der Waals surface area contributed by atoms with E-state index in [1.807, 2.05) is 29.2 Å². The Labute approximate surface area is 158 Å². The molecule has 2 heterocycles. The molecule has 2 aliphatic rings.